The Labute approximate surface area is 180 Å². The summed E-state index contributed by atoms with van der Waals surface area (Å²) < 4.78 is 35.3. The van der Waals surface area contributed by atoms with E-state index in [0.717, 1.165) is 5.56 Å². The van der Waals surface area contributed by atoms with Gasteiger partial charge < -0.3 is 40.8 Å². The molecule has 4 rings (SSSR count). The van der Waals surface area contributed by atoms with Crippen LogP contribution in [0.2, 0.25) is 0 Å². The van der Waals surface area contributed by atoms with E-state index < -0.39 is 12.1 Å². The van der Waals surface area contributed by atoms with Crippen LogP contribution in [-0.4, -0.2) is 43.1 Å². The SMILES string of the molecule is C[C]1OC[C@H]([C@H]2O[C@@H]3OC(C)(C)O[C@@H]3[C@@H]2OCc2ccccc2)O1.[Cl-].[Hg+]. The van der Waals surface area contributed by atoms with Crippen molar-refractivity contribution in [3.63, 3.8) is 0 Å². The van der Waals surface area contributed by atoms with Gasteiger partial charge in [0.1, 0.15) is 24.4 Å². The van der Waals surface area contributed by atoms with Crippen molar-refractivity contribution in [2.24, 2.45) is 0 Å². The largest absolute Gasteiger partial charge is 1.00 e. The van der Waals surface area contributed by atoms with Crippen molar-refractivity contribution in [3.05, 3.63) is 42.2 Å². The summed E-state index contributed by atoms with van der Waals surface area (Å²) in [6.45, 7) is 6.49. The van der Waals surface area contributed by atoms with Gasteiger partial charge in [0.25, 0.3) is 0 Å². The van der Waals surface area contributed by atoms with Crippen LogP contribution in [0.25, 0.3) is 0 Å². The monoisotopic (exact) mass is 572 g/mol. The van der Waals surface area contributed by atoms with E-state index in [-0.39, 0.29) is 64.5 Å². The van der Waals surface area contributed by atoms with Gasteiger partial charge >= 0.3 is 27.7 Å². The Morgan fingerprint density at radius 1 is 1.12 bits per heavy atom. The van der Waals surface area contributed by atoms with Gasteiger partial charge in [-0.1, -0.05) is 30.3 Å². The van der Waals surface area contributed by atoms with Crippen LogP contribution in [0.3, 0.4) is 0 Å². The van der Waals surface area contributed by atoms with Crippen LogP contribution in [-0.2, 0) is 62.7 Å². The van der Waals surface area contributed by atoms with E-state index in [4.69, 9.17) is 28.4 Å². The van der Waals surface area contributed by atoms with Crippen LogP contribution in [0.1, 0.15) is 26.3 Å². The van der Waals surface area contributed by atoms with Gasteiger partial charge in [-0.15, -0.1) is 0 Å². The molecule has 26 heavy (non-hydrogen) atoms. The summed E-state index contributed by atoms with van der Waals surface area (Å²) in [6, 6.07) is 10.0. The first-order valence-corrected chi connectivity index (χ1v) is 8.31. The molecule has 0 saturated carbocycles. The zero-order valence-corrected chi connectivity index (χ0v) is 21.5. The molecule has 0 aliphatic carbocycles. The Bertz CT molecular complexity index is 574. The van der Waals surface area contributed by atoms with Crippen LogP contribution in [0.4, 0.5) is 0 Å². The topological polar surface area (TPSA) is 55.4 Å². The minimum absolute atomic E-state index is 0. The molecular formula is C18H23ClHgO6. The summed E-state index contributed by atoms with van der Waals surface area (Å²) in [5.41, 5.74) is 1.10. The number of benzene rings is 1. The van der Waals surface area contributed by atoms with Gasteiger partial charge in [0.05, 0.1) is 13.2 Å². The maximum Gasteiger partial charge on any atom is 1.00 e. The Morgan fingerprint density at radius 2 is 1.85 bits per heavy atom. The quantitative estimate of drug-likeness (QED) is 0.450. The normalized spacial score (nSPS) is 35.6. The number of halogens is 1. The van der Waals surface area contributed by atoms with Crippen LogP contribution in [0.15, 0.2) is 30.3 Å². The third kappa shape index (κ3) is 4.78. The molecule has 0 spiro atoms. The minimum Gasteiger partial charge on any atom is -1.00 e. The summed E-state index contributed by atoms with van der Waals surface area (Å²) in [4.78, 5) is 0. The average molecular weight is 571 g/mol. The summed E-state index contributed by atoms with van der Waals surface area (Å²) in [5.74, 6) is -0.677. The molecule has 1 aromatic rings. The fraction of sp³-hybridized carbons (Fsp3) is 0.611. The smallest absolute Gasteiger partial charge is 1.00 e. The zero-order chi connectivity index (χ0) is 16.7. The molecule has 8 heteroatoms. The van der Waals surface area contributed by atoms with E-state index in [2.05, 4.69) is 0 Å². The standard InChI is InChI=1S/C18H23O6.ClH.Hg/c1-11-19-10-13(21-11)14-15(20-9-12-7-5-4-6-8-12)16-17(22-14)24-18(2,3)23-16;;/h4-8,13-17H,9-10H2,1-3H3;1H;/q;;+1/p-1/t13-,14-,15-,16-,17-;;/m1../s1. The molecule has 0 bridgehead atoms. The van der Waals surface area contributed by atoms with Crippen molar-refractivity contribution in [3.8, 4) is 0 Å². The molecule has 5 atom stereocenters. The molecule has 1 aromatic carbocycles. The molecular weight excluding hydrogens is 548 g/mol. The molecule has 3 fully saturated rings. The first-order chi connectivity index (χ1) is 11.5. The van der Waals surface area contributed by atoms with Crippen LogP contribution < -0.4 is 12.4 Å². The first-order valence-electron chi connectivity index (χ1n) is 8.31. The van der Waals surface area contributed by atoms with E-state index in [0.29, 0.717) is 19.5 Å². The second kappa shape index (κ2) is 9.14. The first kappa shape index (κ1) is 22.5. The van der Waals surface area contributed by atoms with E-state index >= 15 is 0 Å². The van der Waals surface area contributed by atoms with Crippen molar-refractivity contribution >= 4 is 0 Å². The van der Waals surface area contributed by atoms with Gasteiger partial charge in [-0.25, -0.2) is 0 Å². The number of hydrogen-bond donors (Lipinski definition) is 0. The summed E-state index contributed by atoms with van der Waals surface area (Å²) in [5, 5.41) is 0. The molecule has 3 aliphatic heterocycles. The summed E-state index contributed by atoms with van der Waals surface area (Å²) >= 11 is 0. The minimum atomic E-state index is -0.677. The zero-order valence-electron chi connectivity index (χ0n) is 15.2. The Morgan fingerprint density at radius 3 is 2.50 bits per heavy atom. The molecule has 0 N–H and O–H groups in total. The number of ether oxygens (including phenoxy) is 6. The molecule has 140 valence electrons. The second-order valence-electron chi connectivity index (χ2n) is 6.79. The molecule has 6 nitrogen and oxygen atoms in total. The van der Waals surface area contributed by atoms with Gasteiger partial charge in [0.2, 0.25) is 6.29 Å². The Balaban J connectivity index is 0.00000121. The molecule has 0 aromatic heterocycles. The number of hydrogen-bond acceptors (Lipinski definition) is 6. The van der Waals surface area contributed by atoms with Crippen molar-refractivity contribution in [1.82, 2.24) is 0 Å². The van der Waals surface area contributed by atoms with Crippen molar-refractivity contribution in [2.45, 2.75) is 63.9 Å². The second-order valence-corrected chi connectivity index (χ2v) is 6.79. The third-order valence-electron chi connectivity index (χ3n) is 4.45. The van der Waals surface area contributed by atoms with Gasteiger partial charge in [0.15, 0.2) is 12.1 Å². The van der Waals surface area contributed by atoms with E-state index in [9.17, 15) is 0 Å². The molecule has 3 heterocycles. The molecule has 0 amide bonds. The number of rotatable bonds is 4. The van der Waals surface area contributed by atoms with Crippen LogP contribution in [0.5, 0.6) is 0 Å². The molecule has 0 unspecified atom stereocenters. The summed E-state index contributed by atoms with van der Waals surface area (Å²) in [6.07, 6.45) is -0.960. The van der Waals surface area contributed by atoms with Crippen molar-refractivity contribution < 1.29 is 68.5 Å². The van der Waals surface area contributed by atoms with E-state index in [1.54, 1.807) is 6.92 Å². The average Bonchev–Trinajstić information content (AvgIpc) is 3.18. The number of fused-ring (bicyclic) bond motifs is 1. The van der Waals surface area contributed by atoms with Crippen molar-refractivity contribution in [1.29, 1.82) is 0 Å². The molecule has 3 aliphatic rings. The van der Waals surface area contributed by atoms with Crippen LogP contribution in [0, 0.1) is 6.29 Å². The van der Waals surface area contributed by atoms with Gasteiger partial charge in [0, 0.05) is 0 Å². The fourth-order valence-corrected chi connectivity index (χ4v) is 3.40. The molecule has 2 radical (unpaired) electrons. The Hall–Kier alpha value is 0.205. The third-order valence-corrected chi connectivity index (χ3v) is 4.45. The van der Waals surface area contributed by atoms with Gasteiger partial charge in [-0.3, -0.25) is 0 Å². The molecule has 3 saturated heterocycles. The van der Waals surface area contributed by atoms with Gasteiger partial charge in [-0.2, -0.15) is 0 Å². The predicted molar refractivity (Wildman–Crippen MR) is 83.5 cm³/mol. The van der Waals surface area contributed by atoms with E-state index in [1.807, 2.05) is 44.2 Å². The summed E-state index contributed by atoms with van der Waals surface area (Å²) in [7, 11) is 0. The van der Waals surface area contributed by atoms with E-state index in [1.165, 1.54) is 0 Å². The maximum absolute atomic E-state index is 6.18. The van der Waals surface area contributed by atoms with Crippen LogP contribution >= 0.6 is 0 Å². The maximum atomic E-state index is 6.18. The Kier molecular flexibility index (Phi) is 7.90. The van der Waals surface area contributed by atoms with Crippen molar-refractivity contribution in [2.75, 3.05) is 6.61 Å². The van der Waals surface area contributed by atoms with Gasteiger partial charge in [-0.05, 0) is 26.3 Å². The fourth-order valence-electron chi connectivity index (χ4n) is 3.40. The predicted octanol–water partition coefficient (Wildman–Crippen LogP) is -0.626.